The Bertz CT molecular complexity index is 756. The second-order valence-electron chi connectivity index (χ2n) is 4.46. The molecular formula is C15H9F5N2O. The topological polar surface area (TPSA) is 41.5 Å². The van der Waals surface area contributed by atoms with Crippen LogP contribution in [-0.4, -0.2) is 12.6 Å². The van der Waals surface area contributed by atoms with Gasteiger partial charge in [-0.2, -0.15) is 13.2 Å². The molecule has 0 saturated carbocycles. The number of nitrogens with one attached hydrogen (secondary N) is 1. The lowest BCUT2D eigenvalue weighted by Gasteiger charge is -2.07. The van der Waals surface area contributed by atoms with Crippen molar-refractivity contribution in [3.8, 4) is 0 Å². The van der Waals surface area contributed by atoms with Gasteiger partial charge in [0.25, 0.3) is 0 Å². The summed E-state index contributed by atoms with van der Waals surface area (Å²) in [6.45, 7) is 0. The SMILES string of the molecule is O=Cc1cc(F)cc(NC=Nc2ccc(C(F)(F)F)cc2F)c1. The molecule has 2 aromatic carbocycles. The molecule has 0 unspecified atom stereocenters. The van der Waals surface area contributed by atoms with Crippen molar-refractivity contribution in [3.63, 3.8) is 0 Å². The van der Waals surface area contributed by atoms with E-state index in [9.17, 15) is 26.7 Å². The van der Waals surface area contributed by atoms with Crippen molar-refractivity contribution in [3.05, 3.63) is 59.2 Å². The summed E-state index contributed by atoms with van der Waals surface area (Å²) in [4.78, 5) is 14.2. The molecule has 0 aliphatic carbocycles. The highest BCUT2D eigenvalue weighted by Gasteiger charge is 2.31. The molecule has 0 atom stereocenters. The normalized spacial score (nSPS) is 11.7. The van der Waals surface area contributed by atoms with Crippen LogP contribution in [0.15, 0.2) is 41.4 Å². The number of carbonyl (C=O) groups excluding carboxylic acids is 1. The number of hydrogen-bond acceptors (Lipinski definition) is 2. The minimum Gasteiger partial charge on any atom is -0.346 e. The van der Waals surface area contributed by atoms with Gasteiger partial charge in [0.1, 0.15) is 23.6 Å². The molecule has 120 valence electrons. The minimum absolute atomic E-state index is 0.0848. The van der Waals surface area contributed by atoms with Crippen LogP contribution in [0.2, 0.25) is 0 Å². The lowest BCUT2D eigenvalue weighted by Crippen LogP contribution is -2.05. The number of hydrogen-bond donors (Lipinski definition) is 1. The van der Waals surface area contributed by atoms with Gasteiger partial charge in [-0.05, 0) is 36.4 Å². The van der Waals surface area contributed by atoms with Gasteiger partial charge in [0.2, 0.25) is 0 Å². The second kappa shape index (κ2) is 6.55. The molecule has 0 saturated heterocycles. The quantitative estimate of drug-likeness (QED) is 0.387. The van der Waals surface area contributed by atoms with Gasteiger partial charge in [-0.1, -0.05) is 0 Å². The van der Waals surface area contributed by atoms with E-state index in [1.807, 2.05) is 0 Å². The molecule has 0 heterocycles. The largest absolute Gasteiger partial charge is 0.416 e. The van der Waals surface area contributed by atoms with Crippen molar-refractivity contribution in [2.24, 2.45) is 4.99 Å². The number of aliphatic imine (C=N–C) groups is 1. The zero-order valence-corrected chi connectivity index (χ0v) is 11.4. The van der Waals surface area contributed by atoms with Crippen LogP contribution >= 0.6 is 0 Å². The molecule has 0 aromatic heterocycles. The van der Waals surface area contributed by atoms with Crippen LogP contribution in [0, 0.1) is 11.6 Å². The van der Waals surface area contributed by atoms with Crippen LogP contribution in [-0.2, 0) is 6.18 Å². The Balaban J connectivity index is 2.15. The molecule has 0 aliphatic heterocycles. The third-order valence-corrected chi connectivity index (χ3v) is 2.77. The molecule has 0 spiro atoms. The average molecular weight is 328 g/mol. The summed E-state index contributed by atoms with van der Waals surface area (Å²) in [5.74, 6) is -1.81. The highest BCUT2D eigenvalue weighted by atomic mass is 19.4. The van der Waals surface area contributed by atoms with Crippen LogP contribution < -0.4 is 5.32 Å². The summed E-state index contributed by atoms with van der Waals surface area (Å²) in [6.07, 6.45) is -3.22. The van der Waals surface area contributed by atoms with Gasteiger partial charge in [0.05, 0.1) is 11.9 Å². The van der Waals surface area contributed by atoms with Crippen molar-refractivity contribution in [1.82, 2.24) is 0 Å². The van der Waals surface area contributed by atoms with Gasteiger partial charge in [-0.3, -0.25) is 4.79 Å². The lowest BCUT2D eigenvalue weighted by molar-refractivity contribution is -0.137. The Morgan fingerprint density at radius 1 is 1.04 bits per heavy atom. The lowest BCUT2D eigenvalue weighted by atomic mass is 10.2. The summed E-state index contributed by atoms with van der Waals surface area (Å²) < 4.78 is 63.9. The second-order valence-corrected chi connectivity index (χ2v) is 4.46. The van der Waals surface area contributed by atoms with Gasteiger partial charge < -0.3 is 5.32 Å². The zero-order chi connectivity index (χ0) is 17.0. The first kappa shape index (κ1) is 16.6. The highest BCUT2D eigenvalue weighted by molar-refractivity contribution is 5.82. The summed E-state index contributed by atoms with van der Waals surface area (Å²) in [5, 5.41) is 2.50. The number of aldehydes is 1. The number of halogens is 5. The molecule has 0 bridgehead atoms. The number of rotatable bonds is 4. The van der Waals surface area contributed by atoms with Gasteiger partial charge in [0.15, 0.2) is 0 Å². The van der Waals surface area contributed by atoms with Crippen molar-refractivity contribution in [2.45, 2.75) is 6.18 Å². The van der Waals surface area contributed by atoms with E-state index in [0.29, 0.717) is 18.4 Å². The van der Waals surface area contributed by atoms with E-state index in [1.54, 1.807) is 0 Å². The summed E-state index contributed by atoms with van der Waals surface area (Å²) >= 11 is 0. The van der Waals surface area contributed by atoms with Crippen molar-refractivity contribution < 1.29 is 26.7 Å². The van der Waals surface area contributed by atoms with Crippen molar-refractivity contribution >= 4 is 24.0 Å². The standard InChI is InChI=1S/C15H9F5N2O/c16-11-3-9(7-23)4-12(6-11)21-8-22-14-2-1-10(5-13(14)17)15(18,19)20/h1-8H,(H,21,22). The molecule has 0 amide bonds. The van der Waals surface area contributed by atoms with Crippen LogP contribution in [0.3, 0.4) is 0 Å². The fourth-order valence-corrected chi connectivity index (χ4v) is 1.73. The van der Waals surface area contributed by atoms with E-state index in [0.717, 1.165) is 24.5 Å². The zero-order valence-electron chi connectivity index (χ0n) is 11.4. The van der Waals surface area contributed by atoms with E-state index in [1.165, 1.54) is 6.07 Å². The third-order valence-electron chi connectivity index (χ3n) is 2.77. The van der Waals surface area contributed by atoms with E-state index < -0.39 is 23.4 Å². The maximum absolute atomic E-state index is 13.5. The monoisotopic (exact) mass is 328 g/mol. The van der Waals surface area contributed by atoms with E-state index in [-0.39, 0.29) is 16.9 Å². The summed E-state index contributed by atoms with van der Waals surface area (Å²) in [5.41, 5.74) is -1.18. The number of carbonyl (C=O) groups is 1. The molecule has 1 N–H and O–H groups in total. The molecule has 0 radical (unpaired) electrons. The van der Waals surface area contributed by atoms with Gasteiger partial charge in [-0.25, -0.2) is 13.8 Å². The van der Waals surface area contributed by atoms with Gasteiger partial charge in [-0.15, -0.1) is 0 Å². The van der Waals surface area contributed by atoms with Crippen LogP contribution in [0.25, 0.3) is 0 Å². The third kappa shape index (κ3) is 4.35. The fraction of sp³-hybridized carbons (Fsp3) is 0.0667. The van der Waals surface area contributed by atoms with Crippen molar-refractivity contribution in [1.29, 1.82) is 0 Å². The molecule has 2 rings (SSSR count). The fourth-order valence-electron chi connectivity index (χ4n) is 1.73. The first-order chi connectivity index (χ1) is 10.8. The molecule has 0 aliphatic rings. The van der Waals surface area contributed by atoms with Crippen molar-refractivity contribution in [2.75, 3.05) is 5.32 Å². The van der Waals surface area contributed by atoms with E-state index >= 15 is 0 Å². The smallest absolute Gasteiger partial charge is 0.346 e. The Kier molecular flexibility index (Phi) is 4.73. The number of nitrogens with zero attached hydrogens (tertiary/aromatic N) is 1. The predicted octanol–water partition coefficient (Wildman–Crippen LogP) is 4.57. The maximum atomic E-state index is 13.5. The molecule has 0 fully saturated rings. The number of alkyl halides is 3. The van der Waals surface area contributed by atoms with Crippen LogP contribution in [0.5, 0.6) is 0 Å². The Hall–Kier alpha value is -2.77. The van der Waals surface area contributed by atoms with E-state index in [2.05, 4.69) is 10.3 Å². The number of benzene rings is 2. The maximum Gasteiger partial charge on any atom is 0.416 e. The van der Waals surface area contributed by atoms with E-state index in [4.69, 9.17) is 0 Å². The van der Waals surface area contributed by atoms with Gasteiger partial charge >= 0.3 is 6.18 Å². The average Bonchev–Trinajstić information content (AvgIpc) is 2.47. The summed E-state index contributed by atoms with van der Waals surface area (Å²) in [7, 11) is 0. The molecule has 3 nitrogen and oxygen atoms in total. The molecule has 23 heavy (non-hydrogen) atoms. The predicted molar refractivity (Wildman–Crippen MR) is 75.0 cm³/mol. The first-order valence-electron chi connectivity index (χ1n) is 6.21. The Morgan fingerprint density at radius 2 is 1.78 bits per heavy atom. The number of anilines is 1. The molecule has 2 aromatic rings. The van der Waals surface area contributed by atoms with Gasteiger partial charge in [0, 0.05) is 11.3 Å². The van der Waals surface area contributed by atoms with Crippen LogP contribution in [0.1, 0.15) is 15.9 Å². The Morgan fingerprint density at radius 3 is 2.39 bits per heavy atom. The Labute approximate surface area is 127 Å². The van der Waals surface area contributed by atoms with Crippen LogP contribution in [0.4, 0.5) is 33.3 Å². The summed E-state index contributed by atoms with van der Waals surface area (Å²) in [6, 6.07) is 5.32. The highest BCUT2D eigenvalue weighted by Crippen LogP contribution is 2.31. The molecular weight excluding hydrogens is 319 g/mol. The molecule has 8 heteroatoms. The minimum atomic E-state index is -4.64. The first-order valence-corrected chi connectivity index (χ1v) is 6.21.